The highest BCUT2D eigenvalue weighted by Gasteiger charge is 2.14. The fraction of sp³-hybridized carbons (Fsp3) is 1.00. The van der Waals surface area contributed by atoms with E-state index in [1.165, 1.54) is 0 Å². The molecule has 0 aromatic rings. The monoisotopic (exact) mass is 279 g/mol. The van der Waals surface area contributed by atoms with Gasteiger partial charge in [-0.25, -0.2) is 0 Å². The van der Waals surface area contributed by atoms with Gasteiger partial charge in [-0.15, -0.1) is 0 Å². The molecule has 1 N–H and O–H groups in total. The van der Waals surface area contributed by atoms with Gasteiger partial charge in [0.05, 0.1) is 25.4 Å². The summed E-state index contributed by atoms with van der Waals surface area (Å²) in [6.07, 6.45) is 2.85. The molecule has 0 aliphatic heterocycles. The molecule has 110 valence electrons. The molecular weight excluding hydrogens is 250 g/mol. The van der Waals surface area contributed by atoms with Crippen LogP contribution in [0, 0.1) is 0 Å². The van der Waals surface area contributed by atoms with E-state index in [4.69, 9.17) is 9.47 Å². The van der Waals surface area contributed by atoms with Crippen molar-refractivity contribution in [3.05, 3.63) is 0 Å². The molecule has 0 bridgehead atoms. The van der Waals surface area contributed by atoms with E-state index in [0.29, 0.717) is 25.8 Å². The molecule has 0 rings (SSSR count). The lowest BCUT2D eigenvalue weighted by atomic mass is 10.2. The number of methoxy groups -OCH3 is 1. The Morgan fingerprint density at radius 1 is 1.28 bits per heavy atom. The molecule has 0 aromatic carbocycles. The number of rotatable bonds is 11. The molecule has 3 unspecified atom stereocenters. The van der Waals surface area contributed by atoms with Gasteiger partial charge in [0.15, 0.2) is 0 Å². The third-order valence-electron chi connectivity index (χ3n) is 2.97. The first-order valence-corrected chi connectivity index (χ1v) is 7.88. The van der Waals surface area contributed by atoms with Crippen LogP contribution in [-0.4, -0.2) is 74.2 Å². The summed E-state index contributed by atoms with van der Waals surface area (Å²) < 4.78 is 10.5. The minimum absolute atomic E-state index is 0.0314. The molecule has 0 aromatic heterocycles. The van der Waals surface area contributed by atoms with Crippen molar-refractivity contribution in [3.63, 3.8) is 0 Å². The van der Waals surface area contributed by atoms with Crippen molar-refractivity contribution in [3.8, 4) is 0 Å². The molecule has 5 heteroatoms. The van der Waals surface area contributed by atoms with Crippen LogP contribution in [0.3, 0.4) is 0 Å². The van der Waals surface area contributed by atoms with Crippen molar-refractivity contribution >= 4 is 11.8 Å². The molecule has 0 aliphatic rings. The molecule has 0 saturated carbocycles. The first-order valence-electron chi connectivity index (χ1n) is 6.49. The number of hydrogen-bond donors (Lipinski definition) is 1. The van der Waals surface area contributed by atoms with E-state index in [2.05, 4.69) is 18.1 Å². The second kappa shape index (κ2) is 11.1. The molecule has 18 heavy (non-hydrogen) atoms. The Hall–Kier alpha value is 0.190. The van der Waals surface area contributed by atoms with Gasteiger partial charge in [-0.2, -0.15) is 11.8 Å². The normalized spacial score (nSPS) is 16.8. The zero-order valence-corrected chi connectivity index (χ0v) is 13.2. The minimum Gasteiger partial charge on any atom is -0.389 e. The number of aliphatic hydroxyl groups is 1. The molecule has 4 nitrogen and oxygen atoms in total. The number of ether oxygens (including phenoxy) is 2. The summed E-state index contributed by atoms with van der Waals surface area (Å²) >= 11 is 1.86. The van der Waals surface area contributed by atoms with Gasteiger partial charge in [0.2, 0.25) is 0 Å². The Morgan fingerprint density at radius 3 is 2.50 bits per heavy atom. The predicted octanol–water partition coefficient (Wildman–Crippen LogP) is 1.47. The lowest BCUT2D eigenvalue weighted by molar-refractivity contribution is -0.0402. The summed E-state index contributed by atoms with van der Waals surface area (Å²) in [5.41, 5.74) is 0. The average molecular weight is 279 g/mol. The number of nitrogens with zero attached hydrogens (tertiary/aromatic N) is 1. The second-order valence-corrected chi connectivity index (χ2v) is 5.81. The summed E-state index contributed by atoms with van der Waals surface area (Å²) in [4.78, 5) is 2.19. The summed E-state index contributed by atoms with van der Waals surface area (Å²) in [5, 5.41) is 9.90. The lowest BCUT2D eigenvalue weighted by Gasteiger charge is -2.27. The summed E-state index contributed by atoms with van der Waals surface area (Å²) in [6.45, 7) is 5.71. The van der Waals surface area contributed by atoms with Crippen LogP contribution in [0.1, 0.15) is 20.3 Å². The molecule has 3 atom stereocenters. The van der Waals surface area contributed by atoms with Crippen LogP contribution in [0.2, 0.25) is 0 Å². The van der Waals surface area contributed by atoms with Crippen molar-refractivity contribution in [1.82, 2.24) is 4.90 Å². The van der Waals surface area contributed by atoms with Crippen molar-refractivity contribution < 1.29 is 14.6 Å². The first-order chi connectivity index (χ1) is 8.51. The van der Waals surface area contributed by atoms with E-state index >= 15 is 0 Å². The van der Waals surface area contributed by atoms with Gasteiger partial charge >= 0.3 is 0 Å². The topological polar surface area (TPSA) is 41.9 Å². The van der Waals surface area contributed by atoms with Crippen LogP contribution in [-0.2, 0) is 9.47 Å². The molecule has 0 fully saturated rings. The van der Waals surface area contributed by atoms with E-state index in [9.17, 15) is 5.11 Å². The van der Waals surface area contributed by atoms with Crippen LogP contribution >= 0.6 is 11.8 Å². The molecule has 0 aliphatic carbocycles. The van der Waals surface area contributed by atoms with Crippen LogP contribution in [0.4, 0.5) is 0 Å². The zero-order valence-electron chi connectivity index (χ0n) is 12.4. The average Bonchev–Trinajstić information content (AvgIpc) is 2.33. The second-order valence-electron chi connectivity index (χ2n) is 4.82. The van der Waals surface area contributed by atoms with Gasteiger partial charge in [-0.05, 0) is 39.3 Å². The van der Waals surface area contributed by atoms with Gasteiger partial charge in [0.25, 0.3) is 0 Å². The van der Waals surface area contributed by atoms with Gasteiger partial charge < -0.3 is 19.5 Å². The van der Waals surface area contributed by atoms with E-state index < -0.39 is 6.10 Å². The quantitative estimate of drug-likeness (QED) is 0.620. The number of hydrogen-bond acceptors (Lipinski definition) is 5. The molecular formula is C13H29NO3S. The Morgan fingerprint density at radius 2 is 1.94 bits per heavy atom. The van der Waals surface area contributed by atoms with Gasteiger partial charge in [-0.3, -0.25) is 0 Å². The third kappa shape index (κ3) is 9.16. The molecule has 0 spiro atoms. The van der Waals surface area contributed by atoms with E-state index in [1.807, 2.05) is 25.7 Å². The standard InChI is InChI=1S/C13H29NO3S/c1-11(6-7-18-5)14(3)8-13(15)10-17-12(2)9-16-4/h11-13,15H,6-10H2,1-5H3. The van der Waals surface area contributed by atoms with Gasteiger partial charge in [0.1, 0.15) is 0 Å². The van der Waals surface area contributed by atoms with Gasteiger partial charge in [-0.1, -0.05) is 0 Å². The summed E-state index contributed by atoms with van der Waals surface area (Å²) in [7, 11) is 3.70. The summed E-state index contributed by atoms with van der Waals surface area (Å²) in [5.74, 6) is 1.16. The van der Waals surface area contributed by atoms with Crippen LogP contribution in [0.15, 0.2) is 0 Å². The maximum atomic E-state index is 9.90. The van der Waals surface area contributed by atoms with Crippen molar-refractivity contribution in [2.45, 2.75) is 38.5 Å². The minimum atomic E-state index is -0.439. The predicted molar refractivity (Wildman–Crippen MR) is 78.4 cm³/mol. The lowest BCUT2D eigenvalue weighted by Crippen LogP contribution is -2.38. The van der Waals surface area contributed by atoms with Crippen molar-refractivity contribution in [1.29, 1.82) is 0 Å². The molecule has 0 amide bonds. The smallest absolute Gasteiger partial charge is 0.0900 e. The first kappa shape index (κ1) is 18.2. The zero-order chi connectivity index (χ0) is 14.0. The highest BCUT2D eigenvalue weighted by atomic mass is 32.2. The van der Waals surface area contributed by atoms with Crippen molar-refractivity contribution in [2.75, 3.05) is 45.9 Å². The highest BCUT2D eigenvalue weighted by molar-refractivity contribution is 7.98. The maximum Gasteiger partial charge on any atom is 0.0900 e. The molecule has 0 saturated heterocycles. The van der Waals surface area contributed by atoms with Crippen LogP contribution in [0.5, 0.6) is 0 Å². The Balaban J connectivity index is 3.75. The van der Waals surface area contributed by atoms with Gasteiger partial charge in [0, 0.05) is 19.7 Å². The molecule has 0 radical (unpaired) electrons. The number of thioether (sulfide) groups is 1. The van der Waals surface area contributed by atoms with E-state index in [-0.39, 0.29) is 6.10 Å². The largest absolute Gasteiger partial charge is 0.389 e. The SMILES string of the molecule is COCC(C)OCC(O)CN(C)C(C)CCSC. The Labute approximate surface area is 116 Å². The molecule has 0 heterocycles. The maximum absolute atomic E-state index is 9.90. The van der Waals surface area contributed by atoms with E-state index in [0.717, 1.165) is 12.2 Å². The fourth-order valence-corrected chi connectivity index (χ4v) is 2.21. The Bertz CT molecular complexity index is 195. The number of aliphatic hydroxyl groups excluding tert-OH is 1. The summed E-state index contributed by atoms with van der Waals surface area (Å²) in [6, 6.07) is 0.489. The fourth-order valence-electron chi connectivity index (χ4n) is 1.63. The highest BCUT2D eigenvalue weighted by Crippen LogP contribution is 2.07. The van der Waals surface area contributed by atoms with Crippen molar-refractivity contribution in [2.24, 2.45) is 0 Å². The third-order valence-corrected chi connectivity index (χ3v) is 3.61. The van der Waals surface area contributed by atoms with E-state index in [1.54, 1.807) is 7.11 Å². The Kier molecular flexibility index (Phi) is 11.2. The van der Waals surface area contributed by atoms with Crippen LogP contribution < -0.4 is 0 Å². The van der Waals surface area contributed by atoms with Crippen LogP contribution in [0.25, 0.3) is 0 Å². The number of likely N-dealkylation sites (N-methyl/N-ethyl adjacent to an activating group) is 1.